The summed E-state index contributed by atoms with van der Waals surface area (Å²) in [5, 5.41) is 9.06. The summed E-state index contributed by atoms with van der Waals surface area (Å²) in [5.74, 6) is 0. The van der Waals surface area contributed by atoms with Gasteiger partial charge in [0.25, 0.3) is 0 Å². The smallest absolute Gasteiger partial charge is 0.0994 e. The topological polar surface area (TPSA) is 27.0 Å². The molecular weight excluding hydrogens is 244 g/mol. The maximum atomic E-state index is 9.06. The number of allylic oxidation sites excluding steroid dienone is 6. The zero-order valence-corrected chi connectivity index (χ0v) is 13.4. The molecule has 20 heavy (non-hydrogen) atoms. The summed E-state index contributed by atoms with van der Waals surface area (Å²) < 4.78 is 0. The van der Waals surface area contributed by atoms with Gasteiger partial charge < -0.3 is 0 Å². The molecule has 0 atom stereocenters. The van der Waals surface area contributed by atoms with E-state index in [4.69, 9.17) is 5.26 Å². The molecule has 0 aromatic heterocycles. The molecule has 2 nitrogen and oxygen atoms in total. The molecule has 0 rings (SSSR count). The minimum atomic E-state index is 0.640. The Morgan fingerprint density at radius 1 is 1.25 bits per heavy atom. The average molecular weight is 272 g/mol. The highest BCUT2D eigenvalue weighted by Gasteiger charge is 2.02. The molecular formula is C18H28N2. The Kier molecular flexibility index (Phi) is 10.4. The summed E-state index contributed by atoms with van der Waals surface area (Å²) >= 11 is 0. The van der Waals surface area contributed by atoms with Crippen molar-refractivity contribution in [3.05, 3.63) is 47.6 Å². The molecule has 0 aromatic carbocycles. The maximum absolute atomic E-state index is 9.06. The van der Waals surface area contributed by atoms with E-state index in [0.717, 1.165) is 30.8 Å². The molecule has 0 heterocycles. The molecule has 2 heteroatoms. The first kappa shape index (κ1) is 18.4. The highest BCUT2D eigenvalue weighted by molar-refractivity contribution is 5.49. The van der Waals surface area contributed by atoms with Crippen molar-refractivity contribution in [3.8, 4) is 6.07 Å². The van der Waals surface area contributed by atoms with E-state index in [-0.39, 0.29) is 0 Å². The van der Waals surface area contributed by atoms with Crippen molar-refractivity contribution in [1.29, 1.82) is 5.26 Å². The SMILES string of the molecule is C=C\C(C#N)=C(C)/C(=C\C)/C=C/CN(CCC)CCC. The van der Waals surface area contributed by atoms with Crippen LogP contribution in [0.4, 0.5) is 0 Å². The second-order valence-electron chi connectivity index (χ2n) is 4.80. The quantitative estimate of drug-likeness (QED) is 0.452. The summed E-state index contributed by atoms with van der Waals surface area (Å²) in [6, 6.07) is 2.18. The van der Waals surface area contributed by atoms with Crippen molar-refractivity contribution in [2.24, 2.45) is 0 Å². The fraction of sp³-hybridized carbons (Fsp3) is 0.500. The Morgan fingerprint density at radius 3 is 2.25 bits per heavy atom. The fourth-order valence-electron chi connectivity index (χ4n) is 2.13. The highest BCUT2D eigenvalue weighted by Crippen LogP contribution is 2.16. The molecule has 0 spiro atoms. The lowest BCUT2D eigenvalue weighted by Gasteiger charge is -2.18. The van der Waals surface area contributed by atoms with Gasteiger partial charge in [0, 0.05) is 6.54 Å². The van der Waals surface area contributed by atoms with Crippen LogP contribution in [0.1, 0.15) is 40.5 Å². The Morgan fingerprint density at radius 2 is 1.85 bits per heavy atom. The van der Waals surface area contributed by atoms with Gasteiger partial charge in [0.05, 0.1) is 11.6 Å². The van der Waals surface area contributed by atoms with Crippen LogP contribution in [0, 0.1) is 11.3 Å². The summed E-state index contributed by atoms with van der Waals surface area (Å²) in [6.45, 7) is 15.3. The van der Waals surface area contributed by atoms with Crippen LogP contribution in [0.5, 0.6) is 0 Å². The highest BCUT2D eigenvalue weighted by atomic mass is 15.1. The average Bonchev–Trinajstić information content (AvgIpc) is 2.45. The van der Waals surface area contributed by atoms with Crippen LogP contribution in [0.2, 0.25) is 0 Å². The van der Waals surface area contributed by atoms with E-state index in [9.17, 15) is 0 Å². The van der Waals surface area contributed by atoms with E-state index in [1.165, 1.54) is 12.8 Å². The van der Waals surface area contributed by atoms with Crippen LogP contribution >= 0.6 is 0 Å². The third-order valence-electron chi connectivity index (χ3n) is 3.21. The minimum Gasteiger partial charge on any atom is -0.300 e. The number of nitriles is 1. The molecule has 0 unspecified atom stereocenters. The summed E-state index contributed by atoms with van der Waals surface area (Å²) in [5.41, 5.74) is 2.72. The number of rotatable bonds is 9. The van der Waals surface area contributed by atoms with Crippen LogP contribution in [-0.4, -0.2) is 24.5 Å². The lowest BCUT2D eigenvalue weighted by atomic mass is 10.0. The Labute approximate surface area is 124 Å². The van der Waals surface area contributed by atoms with Gasteiger partial charge in [-0.15, -0.1) is 0 Å². The first-order chi connectivity index (χ1) is 9.64. The zero-order chi connectivity index (χ0) is 15.4. The largest absolute Gasteiger partial charge is 0.300 e. The molecule has 0 aliphatic carbocycles. The molecule has 0 saturated carbocycles. The first-order valence-corrected chi connectivity index (χ1v) is 7.43. The first-order valence-electron chi connectivity index (χ1n) is 7.43. The predicted octanol–water partition coefficient (Wildman–Crippen LogP) is 4.64. The minimum absolute atomic E-state index is 0.640. The van der Waals surface area contributed by atoms with Crippen molar-refractivity contribution in [2.75, 3.05) is 19.6 Å². The van der Waals surface area contributed by atoms with Gasteiger partial charge in [0.15, 0.2) is 0 Å². The monoisotopic (exact) mass is 272 g/mol. The molecule has 0 aliphatic heterocycles. The normalized spacial score (nSPS) is 13.5. The van der Waals surface area contributed by atoms with E-state index < -0.39 is 0 Å². The Hall–Kier alpha value is -1.59. The van der Waals surface area contributed by atoms with Gasteiger partial charge in [0.1, 0.15) is 0 Å². The van der Waals surface area contributed by atoms with Crippen molar-refractivity contribution < 1.29 is 0 Å². The van der Waals surface area contributed by atoms with Crippen molar-refractivity contribution >= 4 is 0 Å². The molecule has 0 radical (unpaired) electrons. The lowest BCUT2D eigenvalue weighted by molar-refractivity contribution is 0.303. The predicted molar refractivity (Wildman–Crippen MR) is 88.4 cm³/mol. The molecule has 0 amide bonds. The summed E-state index contributed by atoms with van der Waals surface area (Å²) in [7, 11) is 0. The van der Waals surface area contributed by atoms with E-state index in [0.29, 0.717) is 5.57 Å². The van der Waals surface area contributed by atoms with E-state index in [2.05, 4.69) is 43.5 Å². The van der Waals surface area contributed by atoms with E-state index in [1.807, 2.05) is 19.9 Å². The van der Waals surface area contributed by atoms with Crippen molar-refractivity contribution in [1.82, 2.24) is 4.90 Å². The van der Waals surface area contributed by atoms with Crippen LogP contribution in [-0.2, 0) is 0 Å². The maximum Gasteiger partial charge on any atom is 0.0994 e. The number of nitrogens with zero attached hydrogens (tertiary/aromatic N) is 2. The Bertz CT molecular complexity index is 413. The molecule has 0 fully saturated rings. The summed E-state index contributed by atoms with van der Waals surface area (Å²) in [4.78, 5) is 2.45. The summed E-state index contributed by atoms with van der Waals surface area (Å²) in [6.07, 6.45) is 10.3. The van der Waals surface area contributed by atoms with Gasteiger partial charge in [-0.3, -0.25) is 4.90 Å². The number of hydrogen-bond acceptors (Lipinski definition) is 2. The van der Waals surface area contributed by atoms with Crippen molar-refractivity contribution in [3.63, 3.8) is 0 Å². The van der Waals surface area contributed by atoms with Gasteiger partial charge in [0.2, 0.25) is 0 Å². The van der Waals surface area contributed by atoms with Gasteiger partial charge in [-0.05, 0) is 50.9 Å². The van der Waals surface area contributed by atoms with E-state index >= 15 is 0 Å². The van der Waals surface area contributed by atoms with Crippen LogP contribution in [0.3, 0.4) is 0 Å². The van der Waals surface area contributed by atoms with Gasteiger partial charge in [-0.1, -0.05) is 44.7 Å². The van der Waals surface area contributed by atoms with Crippen LogP contribution in [0.25, 0.3) is 0 Å². The lowest BCUT2D eigenvalue weighted by Crippen LogP contribution is -2.25. The third kappa shape index (κ3) is 6.54. The third-order valence-corrected chi connectivity index (χ3v) is 3.21. The van der Waals surface area contributed by atoms with Gasteiger partial charge >= 0.3 is 0 Å². The van der Waals surface area contributed by atoms with Crippen molar-refractivity contribution in [2.45, 2.75) is 40.5 Å². The zero-order valence-electron chi connectivity index (χ0n) is 13.4. The van der Waals surface area contributed by atoms with Gasteiger partial charge in [-0.25, -0.2) is 0 Å². The molecule has 110 valence electrons. The molecule has 0 N–H and O–H groups in total. The fourth-order valence-corrected chi connectivity index (χ4v) is 2.13. The standard InChI is InChI=1S/C18H28N2/c1-6-12-20(13-7-2)14-10-11-17(8-3)16(5)18(9-4)15-19/h8-11H,4,6-7,12-14H2,1-3,5H3/b11-10+,17-8-,18-16+. The van der Waals surface area contributed by atoms with Crippen LogP contribution in [0.15, 0.2) is 47.6 Å². The molecule has 0 aliphatic rings. The van der Waals surface area contributed by atoms with Crippen LogP contribution < -0.4 is 0 Å². The second-order valence-corrected chi connectivity index (χ2v) is 4.80. The molecule has 0 saturated heterocycles. The van der Waals surface area contributed by atoms with Gasteiger partial charge in [-0.2, -0.15) is 5.26 Å². The molecule has 0 bridgehead atoms. The molecule has 0 aromatic rings. The van der Waals surface area contributed by atoms with E-state index in [1.54, 1.807) is 6.08 Å². The number of hydrogen-bond donors (Lipinski definition) is 0. The second kappa shape index (κ2) is 11.3. The Balaban J connectivity index is 4.82.